The van der Waals surface area contributed by atoms with Gasteiger partial charge in [-0.15, -0.1) is 22.7 Å². The first-order valence-electron chi connectivity index (χ1n) is 22.9. The van der Waals surface area contributed by atoms with Crippen molar-refractivity contribution < 1.29 is 36.5 Å². The number of non-ortho nitro benzene ring substituents is 1. The average Bonchev–Trinajstić information content (AvgIpc) is 4.22. The molecule has 0 aliphatic heterocycles. The largest absolute Gasteiger partial charge is 0.357 e. The summed E-state index contributed by atoms with van der Waals surface area (Å²) in [5, 5.41) is 30.5. The molecular formula is C50H52N10O9S3. The van der Waals surface area contributed by atoms with E-state index in [0.717, 1.165) is 56.5 Å². The van der Waals surface area contributed by atoms with Crippen LogP contribution in [0.1, 0.15) is 105 Å². The molecule has 72 heavy (non-hydrogen) atoms. The zero-order valence-electron chi connectivity index (χ0n) is 39.7. The Balaban J connectivity index is 0.000000212. The van der Waals surface area contributed by atoms with E-state index in [0.29, 0.717) is 37.3 Å². The molecule has 2 unspecified atom stereocenters. The number of aryl methyl sites for hydroxylation is 4. The van der Waals surface area contributed by atoms with Gasteiger partial charge in [-0.2, -0.15) is 18.4 Å². The summed E-state index contributed by atoms with van der Waals surface area (Å²) in [5.74, 6) is -0.489. The van der Waals surface area contributed by atoms with E-state index in [-0.39, 0.29) is 35.0 Å². The summed E-state index contributed by atoms with van der Waals surface area (Å²) in [6.45, 7) is 7.46. The summed E-state index contributed by atoms with van der Waals surface area (Å²) in [6.07, 6.45) is 3.18. The van der Waals surface area contributed by atoms with Crippen molar-refractivity contribution in [2.45, 2.75) is 90.1 Å². The number of amides is 2. The van der Waals surface area contributed by atoms with E-state index >= 15 is 0 Å². The minimum Gasteiger partial charge on any atom is -0.346 e. The van der Waals surface area contributed by atoms with Gasteiger partial charge in [0.1, 0.15) is 21.9 Å². The molecule has 0 aliphatic rings. The third-order valence-electron chi connectivity index (χ3n) is 11.2. The number of thiazole rings is 2. The summed E-state index contributed by atoms with van der Waals surface area (Å²) in [5.41, 5.74) is 5.74. The molecule has 374 valence electrons. The van der Waals surface area contributed by atoms with Gasteiger partial charge in [-0.05, 0) is 86.8 Å². The van der Waals surface area contributed by atoms with Crippen molar-refractivity contribution in [1.82, 2.24) is 40.9 Å². The number of nitrogens with one attached hydrogen (secondary N) is 3. The highest BCUT2D eigenvalue weighted by Gasteiger charge is 2.32. The smallest absolute Gasteiger partial charge is 0.346 e. The first kappa shape index (κ1) is 52.3. The maximum atomic E-state index is 13.7. The predicted octanol–water partition coefficient (Wildman–Crippen LogP) is 8.77. The van der Waals surface area contributed by atoms with Crippen molar-refractivity contribution in [2.24, 2.45) is 0 Å². The minimum absolute atomic E-state index is 0.0199. The summed E-state index contributed by atoms with van der Waals surface area (Å²) < 4.78 is 44.0. The quantitative estimate of drug-likeness (QED) is 0.0297. The van der Waals surface area contributed by atoms with Crippen LogP contribution >= 0.6 is 22.7 Å². The highest BCUT2D eigenvalue weighted by Crippen LogP contribution is 2.29. The van der Waals surface area contributed by atoms with Crippen molar-refractivity contribution in [2.75, 3.05) is 4.72 Å². The molecule has 0 spiro atoms. The van der Waals surface area contributed by atoms with Crippen molar-refractivity contribution in [1.29, 1.82) is 0 Å². The molecule has 4 heterocycles. The lowest BCUT2D eigenvalue weighted by atomic mass is 9.97. The Hall–Kier alpha value is -7.53. The number of nitrogens with zero attached hydrogens (tertiary/aromatic N) is 7. The third kappa shape index (κ3) is 15.0. The molecule has 4 aromatic carbocycles. The Morgan fingerprint density at radius 2 is 1.03 bits per heavy atom. The molecule has 0 saturated carbocycles. The first-order valence-corrected chi connectivity index (χ1v) is 26.1. The van der Waals surface area contributed by atoms with Crippen LogP contribution in [0.4, 0.5) is 11.4 Å². The number of carbonyl (C=O) groups excluding carboxylic acids is 2. The van der Waals surface area contributed by atoms with E-state index in [4.69, 9.17) is 18.6 Å². The van der Waals surface area contributed by atoms with Gasteiger partial charge in [0, 0.05) is 22.9 Å². The van der Waals surface area contributed by atoms with Gasteiger partial charge in [0.2, 0.25) is 23.6 Å². The Morgan fingerprint density at radius 1 is 0.625 bits per heavy atom. The molecule has 19 nitrogen and oxygen atoms in total. The fourth-order valence-electron chi connectivity index (χ4n) is 7.51. The molecule has 22 heteroatoms. The first-order chi connectivity index (χ1) is 34.6. The van der Waals surface area contributed by atoms with E-state index in [1.165, 1.54) is 34.8 Å². The molecule has 8 rings (SSSR count). The Kier molecular flexibility index (Phi) is 17.8. The maximum Gasteiger partial charge on any atom is 0.357 e. The summed E-state index contributed by atoms with van der Waals surface area (Å²) in [7, 11) is -4.37. The molecule has 2 amide bonds. The minimum atomic E-state index is -4.37. The summed E-state index contributed by atoms with van der Waals surface area (Å²) in [4.78, 5) is 55.9. The van der Waals surface area contributed by atoms with Crippen LogP contribution in [0.3, 0.4) is 0 Å². The number of nitro benzene ring substituents is 1. The van der Waals surface area contributed by atoms with Crippen molar-refractivity contribution in [3.05, 3.63) is 197 Å². The predicted molar refractivity (Wildman–Crippen MR) is 271 cm³/mol. The van der Waals surface area contributed by atoms with E-state index in [1.807, 2.05) is 90.0 Å². The molecule has 4 N–H and O–H groups in total. The second kappa shape index (κ2) is 24.5. The van der Waals surface area contributed by atoms with E-state index in [1.54, 1.807) is 50.2 Å². The van der Waals surface area contributed by atoms with Crippen LogP contribution in [0.25, 0.3) is 0 Å². The van der Waals surface area contributed by atoms with E-state index in [2.05, 4.69) is 35.9 Å². The number of nitro groups is 1. The van der Waals surface area contributed by atoms with Gasteiger partial charge in [0.15, 0.2) is 11.6 Å². The number of anilines is 1. The fraction of sp³-hybridized carbons (Fsp3) is 0.280. The van der Waals surface area contributed by atoms with Crippen LogP contribution in [0.2, 0.25) is 0 Å². The monoisotopic (exact) mass is 1030 g/mol. The van der Waals surface area contributed by atoms with Gasteiger partial charge in [-0.25, -0.2) is 9.97 Å². The molecule has 8 aromatic rings. The number of hydrogen-bond donors (Lipinski definition) is 4. The van der Waals surface area contributed by atoms with Crippen molar-refractivity contribution >= 4 is 56.2 Å². The fourth-order valence-corrected chi connectivity index (χ4v) is 9.85. The molecular weight excluding hydrogens is 981 g/mol. The SMILES string of the molecule is CCc1csc([C@H](Cc2ccc(NS(=O)(=O)O)cc2)NC(=O)C(Cc2ccccc2)c2nc(C)no2)n1.CCc1csc([C@H](Cc2ccc([N+](=O)[O-])cc2)NC(=O)C(Cc2ccccc2)c2nc(C)no2)n1. The number of benzene rings is 4. The number of hydrogen-bond acceptors (Lipinski definition) is 16. The highest BCUT2D eigenvalue weighted by molar-refractivity contribution is 7.87. The van der Waals surface area contributed by atoms with Crippen LogP contribution in [0.5, 0.6) is 0 Å². The van der Waals surface area contributed by atoms with Gasteiger partial charge in [0.05, 0.1) is 34.1 Å². The standard InChI is InChI=1S/C25H27N5O5S2.C25H25N5O4S/c1-3-19-15-36-25(27-19)22(14-18-9-11-20(12-10-18)30-37(32,33)34)28-23(31)21(24-26-16(2)29-35-24)13-17-7-5-4-6-8-17;1-3-19-15-35-25(27-19)22(14-18-9-11-20(12-10-18)30(32)33)28-23(31)21(24-26-16(2)29-34-24)13-17-7-5-4-6-8-17/h4-12,15,21-22,30H,3,13-14H2,1-2H3,(H,28,31)(H,32,33,34);4-12,15,21-22H,3,13-14H2,1-2H3,(H,28,31)/t2*21?,22-/m00/s1. The summed E-state index contributed by atoms with van der Waals surface area (Å²) in [6, 6.07) is 31.3. The number of carbonyl (C=O) groups is 2. The van der Waals surface area contributed by atoms with Crippen LogP contribution in [-0.2, 0) is 58.4 Å². The second-order valence-corrected chi connectivity index (χ2v) is 19.6. The van der Waals surface area contributed by atoms with Crippen LogP contribution in [-0.4, -0.2) is 60.0 Å². The molecule has 4 atom stereocenters. The zero-order chi connectivity index (χ0) is 51.2. The van der Waals surface area contributed by atoms with Gasteiger partial charge in [-0.3, -0.25) is 29.0 Å². The topological polar surface area (TPSA) is 271 Å². The maximum absolute atomic E-state index is 13.7. The Bertz CT molecular complexity index is 3140. The van der Waals surface area contributed by atoms with Crippen LogP contribution < -0.4 is 15.4 Å². The van der Waals surface area contributed by atoms with Gasteiger partial charge in [-0.1, -0.05) is 109 Å². The second-order valence-electron chi connectivity index (χ2n) is 16.6. The lowest BCUT2D eigenvalue weighted by Crippen LogP contribution is -2.35. The van der Waals surface area contributed by atoms with Gasteiger partial charge < -0.3 is 19.7 Å². The molecule has 0 fully saturated rings. The van der Waals surface area contributed by atoms with Crippen LogP contribution in [0, 0.1) is 24.0 Å². The zero-order valence-corrected chi connectivity index (χ0v) is 42.1. The normalized spacial score (nSPS) is 13.0. The van der Waals surface area contributed by atoms with Gasteiger partial charge in [0.25, 0.3) is 5.69 Å². The van der Waals surface area contributed by atoms with E-state index in [9.17, 15) is 28.1 Å². The third-order valence-corrected chi connectivity index (χ3v) is 13.7. The van der Waals surface area contributed by atoms with Crippen molar-refractivity contribution in [3.8, 4) is 0 Å². The molecule has 0 bridgehead atoms. The van der Waals surface area contributed by atoms with Crippen LogP contribution in [0.15, 0.2) is 129 Å². The van der Waals surface area contributed by atoms with E-state index < -0.39 is 39.1 Å². The molecule has 0 radical (unpaired) electrons. The summed E-state index contributed by atoms with van der Waals surface area (Å²) >= 11 is 2.95. The van der Waals surface area contributed by atoms with Gasteiger partial charge >= 0.3 is 10.3 Å². The van der Waals surface area contributed by atoms with Crippen molar-refractivity contribution in [3.63, 3.8) is 0 Å². The molecule has 4 aromatic heterocycles. The lowest BCUT2D eigenvalue weighted by Gasteiger charge is -2.20. The number of aromatic nitrogens is 6. The molecule has 0 saturated heterocycles. The average molecular weight is 1030 g/mol. The highest BCUT2D eigenvalue weighted by atomic mass is 32.2. The molecule has 0 aliphatic carbocycles. The Labute approximate surface area is 423 Å². The lowest BCUT2D eigenvalue weighted by molar-refractivity contribution is -0.384. The number of rotatable bonds is 21. The Morgan fingerprint density at radius 3 is 1.38 bits per heavy atom.